The van der Waals surface area contributed by atoms with E-state index in [-0.39, 0.29) is 5.02 Å². The summed E-state index contributed by atoms with van der Waals surface area (Å²) in [6.07, 6.45) is -4.80. The largest absolute Gasteiger partial charge is 0.573 e. The van der Waals surface area contributed by atoms with Gasteiger partial charge in [0.05, 0.1) is 16.2 Å². The van der Waals surface area contributed by atoms with Crippen LogP contribution < -0.4 is 4.74 Å². The number of halogens is 4. The van der Waals surface area contributed by atoms with E-state index in [0.717, 1.165) is 6.07 Å². The molecule has 0 atom stereocenters. The quantitative estimate of drug-likeness (QED) is 0.728. The van der Waals surface area contributed by atoms with E-state index in [9.17, 15) is 13.2 Å². The average Bonchev–Trinajstić information content (AvgIpc) is 2.58. The van der Waals surface area contributed by atoms with Crippen molar-refractivity contribution in [1.29, 1.82) is 0 Å². The van der Waals surface area contributed by atoms with Crippen LogP contribution in [0.4, 0.5) is 13.2 Å². The molecule has 23 heavy (non-hydrogen) atoms. The Labute approximate surface area is 138 Å². The molecule has 0 saturated carbocycles. The molecule has 0 bridgehead atoms. The van der Waals surface area contributed by atoms with Gasteiger partial charge in [-0.25, -0.2) is 0 Å². The topological polar surface area (TPSA) is 27.7 Å². The Bertz CT molecular complexity index is 613. The molecular formula is C15H17BClF3O3. The van der Waals surface area contributed by atoms with Crippen LogP contribution in [0, 0.1) is 0 Å². The van der Waals surface area contributed by atoms with Crippen molar-refractivity contribution in [2.24, 2.45) is 0 Å². The highest BCUT2D eigenvalue weighted by atomic mass is 35.5. The number of hydrogen-bond acceptors (Lipinski definition) is 3. The van der Waals surface area contributed by atoms with Crippen molar-refractivity contribution < 1.29 is 27.2 Å². The normalized spacial score (nSPS) is 19.7. The second kappa shape index (κ2) is 5.72. The predicted molar refractivity (Wildman–Crippen MR) is 83.3 cm³/mol. The summed E-state index contributed by atoms with van der Waals surface area (Å²) in [5.74, 6) is -0.468. The van der Waals surface area contributed by atoms with E-state index >= 15 is 0 Å². The van der Waals surface area contributed by atoms with Crippen molar-refractivity contribution in [3.63, 3.8) is 0 Å². The molecule has 0 spiro atoms. The molecule has 0 aliphatic carbocycles. The van der Waals surface area contributed by atoms with Crippen LogP contribution in [0.5, 0.6) is 5.75 Å². The summed E-state index contributed by atoms with van der Waals surface area (Å²) in [6, 6.07) is 3.91. The second-order valence-corrected chi connectivity index (χ2v) is 6.71. The zero-order valence-electron chi connectivity index (χ0n) is 13.3. The maximum Gasteiger partial charge on any atom is 0.573 e. The maximum atomic E-state index is 12.3. The Balaban J connectivity index is 2.20. The fraction of sp³-hybridized carbons (Fsp3) is 0.467. The molecule has 1 aromatic rings. The number of ether oxygens (including phenoxy) is 1. The van der Waals surface area contributed by atoms with E-state index in [1.165, 1.54) is 12.1 Å². The molecule has 0 N–H and O–H groups in total. The molecule has 1 heterocycles. The molecule has 1 fully saturated rings. The Morgan fingerprint density at radius 2 is 1.70 bits per heavy atom. The molecule has 1 saturated heterocycles. The Kier molecular flexibility index (Phi) is 4.52. The molecule has 2 rings (SSSR count). The molecule has 0 amide bonds. The molecule has 3 nitrogen and oxygen atoms in total. The summed E-state index contributed by atoms with van der Waals surface area (Å²) in [4.78, 5) is 0. The molecular weight excluding hydrogens is 331 g/mol. The van der Waals surface area contributed by atoms with E-state index in [1.807, 2.05) is 27.7 Å². The molecule has 1 aromatic carbocycles. The van der Waals surface area contributed by atoms with Gasteiger partial charge in [-0.1, -0.05) is 24.2 Å². The number of alkyl halides is 3. The molecule has 0 aromatic heterocycles. The maximum absolute atomic E-state index is 12.3. The van der Waals surface area contributed by atoms with Crippen LogP contribution in [0.1, 0.15) is 33.3 Å². The lowest BCUT2D eigenvalue weighted by Gasteiger charge is -2.32. The van der Waals surface area contributed by atoms with E-state index in [1.54, 1.807) is 0 Å². The van der Waals surface area contributed by atoms with Gasteiger partial charge < -0.3 is 14.0 Å². The summed E-state index contributed by atoms with van der Waals surface area (Å²) in [6.45, 7) is 11.5. The lowest BCUT2D eigenvalue weighted by atomic mass is 9.75. The average molecular weight is 349 g/mol. The molecule has 1 aliphatic rings. The van der Waals surface area contributed by atoms with E-state index < -0.39 is 30.4 Å². The minimum Gasteiger partial charge on any atom is -0.404 e. The van der Waals surface area contributed by atoms with Gasteiger partial charge in [0.1, 0.15) is 5.75 Å². The van der Waals surface area contributed by atoms with Gasteiger partial charge in [0.25, 0.3) is 0 Å². The molecule has 1 aliphatic heterocycles. The van der Waals surface area contributed by atoms with Crippen LogP contribution in [0.15, 0.2) is 24.8 Å². The van der Waals surface area contributed by atoms with Crippen LogP contribution in [-0.2, 0) is 9.31 Å². The van der Waals surface area contributed by atoms with Crippen LogP contribution in [0.25, 0.3) is 5.47 Å². The van der Waals surface area contributed by atoms with Crippen LogP contribution in [-0.4, -0.2) is 24.7 Å². The zero-order chi connectivity index (χ0) is 17.6. The van der Waals surface area contributed by atoms with Gasteiger partial charge >= 0.3 is 13.5 Å². The van der Waals surface area contributed by atoms with Gasteiger partial charge in [-0.15, -0.1) is 13.2 Å². The van der Waals surface area contributed by atoms with Crippen LogP contribution >= 0.6 is 11.6 Å². The van der Waals surface area contributed by atoms with Crippen molar-refractivity contribution in [1.82, 2.24) is 0 Å². The molecule has 8 heteroatoms. The van der Waals surface area contributed by atoms with Crippen LogP contribution in [0.3, 0.4) is 0 Å². The van der Waals surface area contributed by atoms with Crippen molar-refractivity contribution in [3.8, 4) is 5.75 Å². The Morgan fingerprint density at radius 1 is 1.17 bits per heavy atom. The highest BCUT2D eigenvalue weighted by Crippen LogP contribution is 2.41. The van der Waals surface area contributed by atoms with Crippen molar-refractivity contribution >= 4 is 24.2 Å². The van der Waals surface area contributed by atoms with Gasteiger partial charge in [0.15, 0.2) is 0 Å². The number of rotatable bonds is 3. The van der Waals surface area contributed by atoms with Gasteiger partial charge in [0, 0.05) is 0 Å². The van der Waals surface area contributed by atoms with E-state index in [0.29, 0.717) is 11.0 Å². The summed E-state index contributed by atoms with van der Waals surface area (Å²) >= 11 is 5.85. The third-order valence-electron chi connectivity index (χ3n) is 4.07. The minimum absolute atomic E-state index is 0.169. The SMILES string of the molecule is C=C(B1OC(C)(C)C(C)(C)O1)c1ccc(OC(F)(F)F)c(Cl)c1. The van der Waals surface area contributed by atoms with Crippen molar-refractivity contribution in [2.45, 2.75) is 45.3 Å². The van der Waals surface area contributed by atoms with Crippen molar-refractivity contribution in [3.05, 3.63) is 35.4 Å². The summed E-state index contributed by atoms with van der Waals surface area (Å²) < 4.78 is 52.3. The highest BCUT2D eigenvalue weighted by molar-refractivity contribution is 6.68. The Hall–Kier alpha value is -1.18. The first kappa shape index (κ1) is 18.2. The first-order chi connectivity index (χ1) is 10.3. The van der Waals surface area contributed by atoms with Gasteiger partial charge in [-0.2, -0.15) is 0 Å². The zero-order valence-corrected chi connectivity index (χ0v) is 14.0. The third kappa shape index (κ3) is 3.84. The lowest BCUT2D eigenvalue weighted by Crippen LogP contribution is -2.41. The highest BCUT2D eigenvalue weighted by Gasteiger charge is 2.52. The smallest absolute Gasteiger partial charge is 0.404 e. The van der Waals surface area contributed by atoms with Crippen LogP contribution in [0.2, 0.25) is 5.02 Å². The summed E-state index contributed by atoms with van der Waals surface area (Å²) in [5.41, 5.74) is -0.0832. The standard InChI is InChI=1S/C15H17BClF3O3/c1-9(16-22-13(2,3)14(4,5)23-16)10-6-7-12(11(17)8-10)21-15(18,19)20/h6-8H,1H2,2-5H3. The lowest BCUT2D eigenvalue weighted by molar-refractivity contribution is -0.274. The molecule has 0 unspecified atom stereocenters. The van der Waals surface area contributed by atoms with Gasteiger partial charge in [-0.05, 0) is 50.9 Å². The number of hydrogen-bond donors (Lipinski definition) is 0. The van der Waals surface area contributed by atoms with Crippen molar-refractivity contribution in [2.75, 3.05) is 0 Å². The summed E-state index contributed by atoms with van der Waals surface area (Å²) in [5, 5.41) is -0.169. The fourth-order valence-electron chi connectivity index (χ4n) is 2.03. The van der Waals surface area contributed by atoms with Gasteiger partial charge in [-0.3, -0.25) is 0 Å². The number of benzene rings is 1. The monoisotopic (exact) mass is 348 g/mol. The van der Waals surface area contributed by atoms with Gasteiger partial charge in [0.2, 0.25) is 0 Å². The predicted octanol–water partition coefficient (Wildman–Crippen LogP) is 4.88. The molecule has 0 radical (unpaired) electrons. The first-order valence-corrected chi connectivity index (χ1v) is 7.30. The third-order valence-corrected chi connectivity index (χ3v) is 4.36. The summed E-state index contributed by atoms with van der Waals surface area (Å²) in [7, 11) is -0.703. The molecule has 126 valence electrons. The van der Waals surface area contributed by atoms with E-state index in [2.05, 4.69) is 11.3 Å². The minimum atomic E-state index is -4.80. The fourth-order valence-corrected chi connectivity index (χ4v) is 2.25. The Morgan fingerprint density at radius 3 is 2.13 bits per heavy atom. The first-order valence-electron chi connectivity index (χ1n) is 6.92. The second-order valence-electron chi connectivity index (χ2n) is 6.31. The van der Waals surface area contributed by atoms with E-state index in [4.69, 9.17) is 20.9 Å².